The van der Waals surface area contributed by atoms with Crippen LogP contribution in [-0.4, -0.2) is 48.2 Å². The second-order valence-corrected chi connectivity index (χ2v) is 7.77. The molecule has 0 saturated heterocycles. The predicted octanol–water partition coefficient (Wildman–Crippen LogP) is 2.87. The van der Waals surface area contributed by atoms with E-state index in [2.05, 4.69) is 30.9 Å². The van der Waals surface area contributed by atoms with Crippen molar-refractivity contribution < 1.29 is 23.4 Å². The third-order valence-corrected chi connectivity index (χ3v) is 5.79. The predicted molar refractivity (Wildman–Crippen MR) is 112 cm³/mol. The van der Waals surface area contributed by atoms with Crippen LogP contribution in [0.1, 0.15) is 11.8 Å². The fraction of sp³-hybridized carbons (Fsp3) is 0.158. The summed E-state index contributed by atoms with van der Waals surface area (Å²) in [6.07, 6.45) is 4.96. The second-order valence-electron chi connectivity index (χ2n) is 6.75. The van der Waals surface area contributed by atoms with Crippen molar-refractivity contribution in [2.75, 3.05) is 16.4 Å². The van der Waals surface area contributed by atoms with Gasteiger partial charge in [-0.1, -0.05) is 0 Å². The number of ether oxygens (including phenoxy) is 1. The molecule has 0 aliphatic carbocycles. The van der Waals surface area contributed by atoms with E-state index in [1.54, 1.807) is 24.5 Å². The minimum atomic E-state index is -3.08. The van der Waals surface area contributed by atoms with Crippen LogP contribution in [0.2, 0.25) is 0 Å². The van der Waals surface area contributed by atoms with Gasteiger partial charge in [-0.25, -0.2) is 9.50 Å². The van der Waals surface area contributed by atoms with E-state index < -0.39 is 12.8 Å². The van der Waals surface area contributed by atoms with E-state index in [1.807, 2.05) is 0 Å². The average Bonchev–Trinajstić information content (AvgIpc) is 3.39. The number of aromatic amines is 1. The lowest BCUT2D eigenvalue weighted by molar-refractivity contribution is -0.113. The smallest absolute Gasteiger partial charge is 0.387 e. The highest BCUT2D eigenvalue weighted by molar-refractivity contribution is 8.00. The third-order valence-electron chi connectivity index (χ3n) is 4.73. The largest absolute Gasteiger partial charge is 0.434 e. The van der Waals surface area contributed by atoms with Gasteiger partial charge in [0.05, 0.1) is 40.8 Å². The molecule has 32 heavy (non-hydrogen) atoms. The lowest BCUT2D eigenvalue weighted by atomic mass is 10.1. The maximum atomic E-state index is 13.1. The topological polar surface area (TPSA) is 129 Å². The van der Waals surface area contributed by atoms with Gasteiger partial charge in [0, 0.05) is 28.9 Å². The molecule has 1 aliphatic rings. The third kappa shape index (κ3) is 3.71. The first-order valence-corrected chi connectivity index (χ1v) is 10.3. The van der Waals surface area contributed by atoms with Crippen LogP contribution in [0.5, 0.6) is 5.75 Å². The van der Waals surface area contributed by atoms with Crippen molar-refractivity contribution in [2.24, 2.45) is 0 Å². The van der Waals surface area contributed by atoms with Crippen LogP contribution in [0.25, 0.3) is 16.9 Å². The van der Waals surface area contributed by atoms with Crippen LogP contribution in [0, 0.1) is 0 Å². The summed E-state index contributed by atoms with van der Waals surface area (Å²) >= 11 is 1.28. The number of nitrogens with one attached hydrogen (secondary N) is 3. The molecule has 1 unspecified atom stereocenters. The average molecular weight is 459 g/mol. The van der Waals surface area contributed by atoms with Gasteiger partial charge in [-0.05, 0) is 12.1 Å². The van der Waals surface area contributed by atoms with Gasteiger partial charge in [-0.2, -0.15) is 19.0 Å². The Labute approximate surface area is 183 Å². The number of alkyl halides is 2. The standard InChI is InChI=1S/C19H15F2N7O3S/c20-19(21)31-13-5-11-14(32-8-15(29)25-11)4-9(13)16-12(7-23-27-16)26-18(30)10-6-24-28-3-1-2-22-17(10)28/h1-7,18-19,26,30H,8H2,(H,23,27)(H,25,29). The minimum absolute atomic E-state index is 0.152. The van der Waals surface area contributed by atoms with Gasteiger partial charge in [0.1, 0.15) is 5.75 Å². The molecule has 0 bridgehead atoms. The van der Waals surface area contributed by atoms with Gasteiger partial charge in [0.15, 0.2) is 11.9 Å². The molecule has 5 rings (SSSR count). The van der Waals surface area contributed by atoms with Crippen LogP contribution in [0.3, 0.4) is 0 Å². The number of amides is 1. The van der Waals surface area contributed by atoms with Crippen molar-refractivity contribution in [1.29, 1.82) is 0 Å². The Bertz CT molecular complexity index is 1310. The van der Waals surface area contributed by atoms with E-state index in [9.17, 15) is 18.7 Å². The van der Waals surface area contributed by atoms with Gasteiger partial charge in [0.25, 0.3) is 0 Å². The first-order chi connectivity index (χ1) is 15.5. The molecular formula is C19H15F2N7O3S. The van der Waals surface area contributed by atoms with Crippen LogP contribution in [0.15, 0.2) is 47.9 Å². The van der Waals surface area contributed by atoms with E-state index in [4.69, 9.17) is 4.74 Å². The monoisotopic (exact) mass is 459 g/mol. The molecule has 4 N–H and O–H groups in total. The normalized spacial score (nSPS) is 14.3. The van der Waals surface area contributed by atoms with E-state index in [0.29, 0.717) is 33.2 Å². The maximum Gasteiger partial charge on any atom is 0.387 e. The molecular weight excluding hydrogens is 444 g/mol. The molecule has 1 aliphatic heterocycles. The Morgan fingerprint density at radius 2 is 2.19 bits per heavy atom. The number of halogens is 2. The second kappa shape index (κ2) is 8.09. The number of aliphatic hydroxyl groups excluding tert-OH is 1. The van der Waals surface area contributed by atoms with Crippen LogP contribution in [0.4, 0.5) is 20.2 Å². The molecule has 1 aromatic carbocycles. The molecule has 10 nitrogen and oxygen atoms in total. The van der Waals surface area contributed by atoms with E-state index >= 15 is 0 Å². The van der Waals surface area contributed by atoms with Crippen molar-refractivity contribution in [1.82, 2.24) is 24.8 Å². The zero-order chi connectivity index (χ0) is 22.2. The number of fused-ring (bicyclic) bond motifs is 2. The van der Waals surface area contributed by atoms with Gasteiger partial charge >= 0.3 is 6.61 Å². The first-order valence-electron chi connectivity index (χ1n) is 9.31. The number of hydrogen-bond donors (Lipinski definition) is 4. The van der Waals surface area contributed by atoms with Crippen molar-refractivity contribution >= 4 is 34.7 Å². The summed E-state index contributed by atoms with van der Waals surface area (Å²) in [5.74, 6) is -0.177. The van der Waals surface area contributed by atoms with Crippen molar-refractivity contribution in [3.8, 4) is 17.0 Å². The number of carbonyl (C=O) groups excluding carboxylic acids is 1. The number of hydrogen-bond acceptors (Lipinski definition) is 8. The fourth-order valence-corrected chi connectivity index (χ4v) is 4.19. The van der Waals surface area contributed by atoms with E-state index in [-0.39, 0.29) is 23.0 Å². The van der Waals surface area contributed by atoms with Gasteiger partial charge in [-0.3, -0.25) is 9.89 Å². The summed E-state index contributed by atoms with van der Waals surface area (Å²) in [4.78, 5) is 16.6. The quantitative estimate of drug-likeness (QED) is 0.324. The number of H-pyrrole nitrogens is 1. The summed E-state index contributed by atoms with van der Waals surface area (Å²) in [6.45, 7) is -3.08. The molecule has 0 spiro atoms. The summed E-state index contributed by atoms with van der Waals surface area (Å²) in [5.41, 5.74) is 2.22. The summed E-state index contributed by atoms with van der Waals surface area (Å²) < 4.78 is 32.4. The number of aromatic nitrogens is 5. The molecule has 0 saturated carbocycles. The number of thioether (sulfide) groups is 1. The molecule has 4 aromatic rings. The lowest BCUT2D eigenvalue weighted by Crippen LogP contribution is -2.19. The highest BCUT2D eigenvalue weighted by Gasteiger charge is 2.24. The summed E-state index contributed by atoms with van der Waals surface area (Å²) in [5, 5.41) is 27.2. The Kier molecular flexibility index (Phi) is 5.11. The SMILES string of the molecule is O=C1CSc2cc(-c3[nH]ncc3NC(O)c3cnn4cccnc34)c(OC(F)F)cc2N1. The molecule has 164 valence electrons. The summed E-state index contributed by atoms with van der Waals surface area (Å²) in [6, 6.07) is 4.68. The van der Waals surface area contributed by atoms with Gasteiger partial charge in [0.2, 0.25) is 5.91 Å². The Morgan fingerprint density at radius 1 is 1.31 bits per heavy atom. The number of aliphatic hydroxyl groups is 1. The van der Waals surface area contributed by atoms with Crippen molar-refractivity contribution in [3.63, 3.8) is 0 Å². The van der Waals surface area contributed by atoms with Crippen LogP contribution < -0.4 is 15.4 Å². The molecule has 4 heterocycles. The molecule has 1 atom stereocenters. The fourth-order valence-electron chi connectivity index (χ4n) is 3.36. The molecule has 0 radical (unpaired) electrons. The van der Waals surface area contributed by atoms with E-state index in [1.165, 1.54) is 34.7 Å². The van der Waals surface area contributed by atoms with Crippen LogP contribution in [-0.2, 0) is 4.79 Å². The zero-order valence-corrected chi connectivity index (χ0v) is 16.9. The van der Waals surface area contributed by atoms with Gasteiger partial charge < -0.3 is 20.5 Å². The molecule has 1 amide bonds. The highest BCUT2D eigenvalue weighted by atomic mass is 32.2. The maximum absolute atomic E-state index is 13.1. The number of benzene rings is 1. The molecule has 13 heteroatoms. The number of carbonyl (C=O) groups is 1. The Balaban J connectivity index is 1.51. The van der Waals surface area contributed by atoms with Crippen molar-refractivity contribution in [3.05, 3.63) is 48.5 Å². The number of nitrogens with zero attached hydrogens (tertiary/aromatic N) is 4. The van der Waals surface area contributed by atoms with E-state index in [0.717, 1.165) is 0 Å². The lowest BCUT2D eigenvalue weighted by Gasteiger charge is -2.20. The van der Waals surface area contributed by atoms with Crippen LogP contribution >= 0.6 is 11.8 Å². The number of anilines is 2. The Hall–Kier alpha value is -3.71. The van der Waals surface area contributed by atoms with Gasteiger partial charge in [-0.15, -0.1) is 11.8 Å². The first kappa shape index (κ1) is 20.2. The Morgan fingerprint density at radius 3 is 3.03 bits per heavy atom. The molecule has 3 aromatic heterocycles. The zero-order valence-electron chi connectivity index (χ0n) is 16.1. The van der Waals surface area contributed by atoms with Crippen molar-refractivity contribution in [2.45, 2.75) is 17.7 Å². The highest BCUT2D eigenvalue weighted by Crippen LogP contribution is 2.43. The summed E-state index contributed by atoms with van der Waals surface area (Å²) in [7, 11) is 0. The minimum Gasteiger partial charge on any atom is -0.434 e. The molecule has 0 fully saturated rings. The number of rotatable bonds is 6.